The average Bonchev–Trinajstić information content (AvgIpc) is 2.52. The fraction of sp³-hybridized carbons (Fsp3) is 0.312. The summed E-state index contributed by atoms with van der Waals surface area (Å²) in [4.78, 5) is 4.04. The first-order valence-corrected chi connectivity index (χ1v) is 7.14. The van der Waals surface area contributed by atoms with Crippen molar-refractivity contribution in [2.45, 2.75) is 13.0 Å². The lowest BCUT2D eigenvalue weighted by atomic mass is 9.97. The normalized spacial score (nSPS) is 12.0. The Kier molecular flexibility index (Phi) is 5.42. The number of aromatic nitrogens is 1. The summed E-state index contributed by atoms with van der Waals surface area (Å²) in [6, 6.07) is 7.51. The minimum atomic E-state index is -0.128. The highest BCUT2D eigenvalue weighted by Crippen LogP contribution is 2.39. The maximum absolute atomic E-state index is 6.31. The van der Waals surface area contributed by atoms with Crippen molar-refractivity contribution in [2.75, 3.05) is 20.8 Å². The van der Waals surface area contributed by atoms with Gasteiger partial charge in [-0.05, 0) is 30.3 Å². The van der Waals surface area contributed by atoms with Crippen LogP contribution >= 0.6 is 11.6 Å². The van der Waals surface area contributed by atoms with E-state index in [1.165, 1.54) is 0 Å². The summed E-state index contributed by atoms with van der Waals surface area (Å²) >= 11 is 6.31. The fourth-order valence-corrected chi connectivity index (χ4v) is 2.58. The lowest BCUT2D eigenvalue weighted by molar-refractivity contribution is 0.377. The van der Waals surface area contributed by atoms with E-state index in [9.17, 15) is 0 Å². The molecule has 0 aliphatic heterocycles. The Hall–Kier alpha value is -1.78. The van der Waals surface area contributed by atoms with Crippen molar-refractivity contribution >= 4 is 11.6 Å². The lowest BCUT2D eigenvalue weighted by Gasteiger charge is -2.24. The molecular weight excluding hydrogens is 288 g/mol. The number of methoxy groups -OCH3 is 2. The molecule has 5 heteroatoms. The zero-order valence-electron chi connectivity index (χ0n) is 12.4. The molecule has 1 aromatic carbocycles. The van der Waals surface area contributed by atoms with Gasteiger partial charge in [0.2, 0.25) is 0 Å². The van der Waals surface area contributed by atoms with Gasteiger partial charge in [-0.3, -0.25) is 4.98 Å². The van der Waals surface area contributed by atoms with Crippen LogP contribution in [0.25, 0.3) is 0 Å². The van der Waals surface area contributed by atoms with E-state index in [-0.39, 0.29) is 6.04 Å². The third-order valence-electron chi connectivity index (χ3n) is 3.28. The number of pyridine rings is 1. The molecule has 1 heterocycles. The van der Waals surface area contributed by atoms with Gasteiger partial charge in [-0.25, -0.2) is 0 Å². The van der Waals surface area contributed by atoms with Gasteiger partial charge in [0.25, 0.3) is 0 Å². The molecule has 21 heavy (non-hydrogen) atoms. The van der Waals surface area contributed by atoms with E-state index >= 15 is 0 Å². The molecule has 1 aromatic heterocycles. The second-order valence-corrected chi connectivity index (χ2v) is 4.87. The third-order valence-corrected chi connectivity index (χ3v) is 3.59. The Labute approximate surface area is 130 Å². The predicted octanol–water partition coefficient (Wildman–Crippen LogP) is 3.45. The molecule has 0 bridgehead atoms. The Morgan fingerprint density at radius 3 is 2.38 bits per heavy atom. The molecule has 2 aromatic rings. The molecule has 0 radical (unpaired) electrons. The Balaban J connectivity index is 2.61. The second kappa shape index (κ2) is 7.29. The van der Waals surface area contributed by atoms with Crippen LogP contribution in [0.2, 0.25) is 5.02 Å². The number of hydrogen-bond acceptors (Lipinski definition) is 4. The molecule has 0 saturated heterocycles. The summed E-state index contributed by atoms with van der Waals surface area (Å²) in [5.41, 5.74) is 1.87. The monoisotopic (exact) mass is 306 g/mol. The predicted molar refractivity (Wildman–Crippen MR) is 84.3 cm³/mol. The molecular formula is C16H19ClN2O2. The standard InChI is InChI=1S/C16H19ClN2O2/c1-4-19-16(11-8-9-18-10-12(11)17)15-13(20-2)6-5-7-14(15)21-3/h5-10,16,19H,4H2,1-3H3. The van der Waals surface area contributed by atoms with Gasteiger partial charge in [-0.2, -0.15) is 0 Å². The van der Waals surface area contributed by atoms with Gasteiger partial charge in [-0.15, -0.1) is 0 Å². The molecule has 4 nitrogen and oxygen atoms in total. The van der Waals surface area contributed by atoms with E-state index in [2.05, 4.69) is 10.3 Å². The lowest BCUT2D eigenvalue weighted by Crippen LogP contribution is -2.23. The zero-order chi connectivity index (χ0) is 15.2. The van der Waals surface area contributed by atoms with E-state index in [4.69, 9.17) is 21.1 Å². The van der Waals surface area contributed by atoms with E-state index in [1.54, 1.807) is 26.6 Å². The summed E-state index contributed by atoms with van der Waals surface area (Å²) in [5.74, 6) is 1.52. The van der Waals surface area contributed by atoms with Crippen molar-refractivity contribution in [1.82, 2.24) is 10.3 Å². The van der Waals surface area contributed by atoms with Gasteiger partial charge < -0.3 is 14.8 Å². The van der Waals surface area contributed by atoms with Gasteiger partial charge in [0.15, 0.2) is 0 Å². The van der Waals surface area contributed by atoms with Crippen molar-refractivity contribution in [3.63, 3.8) is 0 Å². The topological polar surface area (TPSA) is 43.4 Å². The molecule has 0 saturated carbocycles. The highest BCUT2D eigenvalue weighted by Gasteiger charge is 2.23. The molecule has 112 valence electrons. The quantitative estimate of drug-likeness (QED) is 0.887. The van der Waals surface area contributed by atoms with Crippen LogP contribution in [0.1, 0.15) is 24.1 Å². The van der Waals surface area contributed by atoms with Gasteiger partial charge in [0, 0.05) is 12.4 Å². The van der Waals surface area contributed by atoms with E-state index < -0.39 is 0 Å². The van der Waals surface area contributed by atoms with Crippen molar-refractivity contribution < 1.29 is 9.47 Å². The van der Waals surface area contributed by atoms with Crippen LogP contribution in [-0.4, -0.2) is 25.7 Å². The molecule has 2 rings (SSSR count). The molecule has 0 aliphatic rings. The molecule has 1 N–H and O–H groups in total. The van der Waals surface area contributed by atoms with E-state index in [0.29, 0.717) is 5.02 Å². The van der Waals surface area contributed by atoms with Crippen molar-refractivity contribution in [1.29, 1.82) is 0 Å². The van der Waals surface area contributed by atoms with Crippen LogP contribution in [0.15, 0.2) is 36.7 Å². The van der Waals surface area contributed by atoms with Gasteiger partial charge in [0.1, 0.15) is 11.5 Å². The Bertz CT molecular complexity index is 582. The first-order valence-electron chi connectivity index (χ1n) is 6.76. The molecule has 0 spiro atoms. The van der Waals surface area contributed by atoms with Gasteiger partial charge in [-0.1, -0.05) is 24.6 Å². The Morgan fingerprint density at radius 2 is 1.86 bits per heavy atom. The van der Waals surface area contributed by atoms with Gasteiger partial charge >= 0.3 is 0 Å². The largest absolute Gasteiger partial charge is 0.496 e. The molecule has 1 unspecified atom stereocenters. The van der Waals surface area contributed by atoms with Crippen molar-refractivity contribution in [3.05, 3.63) is 52.8 Å². The summed E-state index contributed by atoms with van der Waals surface area (Å²) in [7, 11) is 3.30. The minimum absolute atomic E-state index is 0.128. The number of hydrogen-bond donors (Lipinski definition) is 1. The second-order valence-electron chi connectivity index (χ2n) is 4.46. The number of ether oxygens (including phenoxy) is 2. The van der Waals surface area contributed by atoms with Crippen LogP contribution in [0, 0.1) is 0 Å². The van der Waals surface area contributed by atoms with Gasteiger partial charge in [0.05, 0.1) is 30.8 Å². The summed E-state index contributed by atoms with van der Waals surface area (Å²) in [6.07, 6.45) is 3.37. The third kappa shape index (κ3) is 3.28. The summed E-state index contributed by atoms with van der Waals surface area (Å²) in [6.45, 7) is 2.83. The molecule has 0 aliphatic carbocycles. The number of benzene rings is 1. The smallest absolute Gasteiger partial charge is 0.127 e. The van der Waals surface area contributed by atoms with Crippen molar-refractivity contribution in [2.24, 2.45) is 0 Å². The highest BCUT2D eigenvalue weighted by atomic mass is 35.5. The molecule has 0 amide bonds. The first kappa shape index (κ1) is 15.6. The minimum Gasteiger partial charge on any atom is -0.496 e. The van der Waals surface area contributed by atoms with Crippen LogP contribution in [0.5, 0.6) is 11.5 Å². The SMILES string of the molecule is CCNC(c1ccncc1Cl)c1c(OC)cccc1OC. The molecule has 1 atom stereocenters. The van der Waals surface area contributed by atoms with Crippen molar-refractivity contribution in [3.8, 4) is 11.5 Å². The fourth-order valence-electron chi connectivity index (χ4n) is 2.36. The summed E-state index contributed by atoms with van der Waals surface area (Å²) in [5, 5.41) is 4.04. The van der Waals surface area contributed by atoms with Crippen LogP contribution in [0.4, 0.5) is 0 Å². The average molecular weight is 307 g/mol. The van der Waals surface area contributed by atoms with Crippen LogP contribution < -0.4 is 14.8 Å². The number of nitrogens with one attached hydrogen (secondary N) is 1. The van der Waals surface area contributed by atoms with Crippen LogP contribution in [0.3, 0.4) is 0 Å². The zero-order valence-corrected chi connectivity index (χ0v) is 13.1. The maximum Gasteiger partial charge on any atom is 0.127 e. The van der Waals surface area contributed by atoms with E-state index in [1.807, 2.05) is 31.2 Å². The maximum atomic E-state index is 6.31. The number of rotatable bonds is 6. The van der Waals surface area contributed by atoms with Crippen LogP contribution in [-0.2, 0) is 0 Å². The van der Waals surface area contributed by atoms with E-state index in [0.717, 1.165) is 29.2 Å². The summed E-state index contributed by atoms with van der Waals surface area (Å²) < 4.78 is 11.0. The first-order chi connectivity index (χ1) is 10.2. The number of halogens is 1. The number of nitrogens with zero attached hydrogens (tertiary/aromatic N) is 1. The highest BCUT2D eigenvalue weighted by molar-refractivity contribution is 6.31. The molecule has 0 fully saturated rings. The Morgan fingerprint density at radius 1 is 1.19 bits per heavy atom.